The van der Waals surface area contributed by atoms with E-state index in [0.717, 1.165) is 30.6 Å². The predicted octanol–water partition coefficient (Wildman–Crippen LogP) is 3.18. The molecule has 20 heavy (non-hydrogen) atoms. The first-order valence-electron chi connectivity index (χ1n) is 6.98. The second kappa shape index (κ2) is 5.87. The lowest BCUT2D eigenvalue weighted by Crippen LogP contribution is -2.40. The molecule has 0 N–H and O–H groups in total. The van der Waals surface area contributed by atoms with Gasteiger partial charge in [0.15, 0.2) is 5.58 Å². The van der Waals surface area contributed by atoms with Crippen molar-refractivity contribution in [3.63, 3.8) is 0 Å². The summed E-state index contributed by atoms with van der Waals surface area (Å²) in [4.78, 5) is 18.5. The number of hydrogen-bond donors (Lipinski definition) is 0. The molecule has 0 saturated carbocycles. The van der Waals surface area contributed by atoms with E-state index in [9.17, 15) is 4.79 Å². The molecule has 0 aliphatic carbocycles. The van der Waals surface area contributed by atoms with E-state index in [1.54, 1.807) is 0 Å². The highest BCUT2D eigenvalue weighted by atomic mass is 32.2. The van der Waals surface area contributed by atoms with E-state index in [0.29, 0.717) is 16.9 Å². The summed E-state index contributed by atoms with van der Waals surface area (Å²) in [7, 11) is 0. The maximum atomic E-state index is 12.2. The van der Waals surface area contributed by atoms with Crippen LogP contribution in [0.15, 0.2) is 33.9 Å². The molecule has 1 aliphatic heterocycles. The van der Waals surface area contributed by atoms with Crippen molar-refractivity contribution in [3.05, 3.63) is 24.3 Å². The molecule has 3 rings (SSSR count). The van der Waals surface area contributed by atoms with Crippen molar-refractivity contribution in [1.82, 2.24) is 9.88 Å². The number of benzene rings is 1. The predicted molar refractivity (Wildman–Crippen MR) is 79.7 cm³/mol. The van der Waals surface area contributed by atoms with Crippen LogP contribution in [-0.2, 0) is 4.79 Å². The first kappa shape index (κ1) is 13.5. The quantitative estimate of drug-likeness (QED) is 0.815. The molecule has 5 heteroatoms. The highest BCUT2D eigenvalue weighted by Gasteiger charge is 2.21. The lowest BCUT2D eigenvalue weighted by molar-refractivity contribution is -0.130. The molecule has 1 amide bonds. The van der Waals surface area contributed by atoms with Crippen LogP contribution in [0.2, 0.25) is 0 Å². The molecule has 0 spiro atoms. The fraction of sp³-hybridized carbons (Fsp3) is 0.467. The third kappa shape index (κ3) is 2.98. The number of aromatic nitrogens is 1. The van der Waals surface area contributed by atoms with Gasteiger partial charge in [-0.15, -0.1) is 0 Å². The van der Waals surface area contributed by atoms with Gasteiger partial charge in [-0.2, -0.15) is 0 Å². The summed E-state index contributed by atoms with van der Waals surface area (Å²) >= 11 is 1.38. The Morgan fingerprint density at radius 3 is 3.15 bits per heavy atom. The molecular formula is C15H18N2O2S. The summed E-state index contributed by atoms with van der Waals surface area (Å²) in [6.07, 6.45) is 2.34. The number of hydrogen-bond acceptors (Lipinski definition) is 4. The van der Waals surface area contributed by atoms with E-state index >= 15 is 0 Å². The number of likely N-dealkylation sites (tertiary alicyclic amines) is 1. The smallest absolute Gasteiger partial charge is 0.257 e. The van der Waals surface area contributed by atoms with Crippen LogP contribution in [0.5, 0.6) is 0 Å². The minimum Gasteiger partial charge on any atom is -0.431 e. The Morgan fingerprint density at radius 1 is 1.50 bits per heavy atom. The Hall–Kier alpha value is -1.49. The minimum absolute atomic E-state index is 0.184. The first-order chi connectivity index (χ1) is 9.72. The van der Waals surface area contributed by atoms with E-state index in [1.807, 2.05) is 29.2 Å². The molecule has 2 heterocycles. The van der Waals surface area contributed by atoms with Gasteiger partial charge in [-0.3, -0.25) is 4.79 Å². The van der Waals surface area contributed by atoms with Gasteiger partial charge in [0.05, 0.1) is 5.75 Å². The van der Waals surface area contributed by atoms with Crippen molar-refractivity contribution in [2.24, 2.45) is 5.92 Å². The largest absolute Gasteiger partial charge is 0.431 e. The molecule has 0 bridgehead atoms. The van der Waals surface area contributed by atoms with Gasteiger partial charge in [0.1, 0.15) is 5.52 Å². The molecule has 1 aromatic carbocycles. The topological polar surface area (TPSA) is 46.3 Å². The van der Waals surface area contributed by atoms with E-state index < -0.39 is 0 Å². The normalized spacial score (nSPS) is 19.4. The molecule has 1 saturated heterocycles. The van der Waals surface area contributed by atoms with Crippen LogP contribution < -0.4 is 0 Å². The Kier molecular flexibility index (Phi) is 3.96. The molecule has 1 atom stereocenters. The van der Waals surface area contributed by atoms with Gasteiger partial charge in [-0.1, -0.05) is 30.8 Å². The summed E-state index contributed by atoms with van der Waals surface area (Å²) in [6, 6.07) is 7.65. The lowest BCUT2D eigenvalue weighted by Gasteiger charge is -2.30. The van der Waals surface area contributed by atoms with E-state index in [1.165, 1.54) is 18.2 Å². The second-order valence-corrected chi connectivity index (χ2v) is 6.25. The summed E-state index contributed by atoms with van der Waals surface area (Å²) in [6.45, 7) is 3.97. The van der Waals surface area contributed by atoms with Crippen LogP contribution in [-0.4, -0.2) is 34.6 Å². The molecule has 1 aromatic heterocycles. The van der Waals surface area contributed by atoms with Crippen LogP contribution in [0.1, 0.15) is 19.8 Å². The van der Waals surface area contributed by atoms with Crippen LogP contribution in [0, 0.1) is 5.92 Å². The molecule has 1 fully saturated rings. The number of nitrogens with zero attached hydrogens (tertiary/aromatic N) is 2. The van der Waals surface area contributed by atoms with Gasteiger partial charge < -0.3 is 9.32 Å². The van der Waals surface area contributed by atoms with Gasteiger partial charge in [0.2, 0.25) is 5.91 Å². The third-order valence-electron chi connectivity index (χ3n) is 3.60. The van der Waals surface area contributed by atoms with Crippen molar-refractivity contribution in [3.8, 4) is 0 Å². The Bertz CT molecular complexity index is 578. The van der Waals surface area contributed by atoms with Crippen molar-refractivity contribution in [2.45, 2.75) is 25.0 Å². The van der Waals surface area contributed by atoms with Crippen LogP contribution in [0.25, 0.3) is 11.1 Å². The van der Waals surface area contributed by atoms with Crippen molar-refractivity contribution >= 4 is 28.8 Å². The van der Waals surface area contributed by atoms with Crippen LogP contribution >= 0.6 is 11.8 Å². The fourth-order valence-electron chi connectivity index (χ4n) is 2.54. The number of fused-ring (bicyclic) bond motifs is 1. The van der Waals surface area contributed by atoms with Gasteiger partial charge in [-0.25, -0.2) is 4.98 Å². The molecule has 0 radical (unpaired) electrons. The third-order valence-corrected chi connectivity index (χ3v) is 4.42. The number of rotatable bonds is 3. The fourth-order valence-corrected chi connectivity index (χ4v) is 3.28. The monoisotopic (exact) mass is 290 g/mol. The minimum atomic E-state index is 0.184. The second-order valence-electron chi connectivity index (χ2n) is 5.32. The number of carbonyl (C=O) groups excluding carboxylic acids is 1. The van der Waals surface area contributed by atoms with Gasteiger partial charge in [0, 0.05) is 13.1 Å². The van der Waals surface area contributed by atoms with Crippen molar-refractivity contribution in [2.75, 3.05) is 18.8 Å². The number of para-hydroxylation sites is 2. The number of thioether (sulfide) groups is 1. The average Bonchev–Trinajstić information content (AvgIpc) is 2.87. The first-order valence-corrected chi connectivity index (χ1v) is 7.97. The van der Waals surface area contributed by atoms with E-state index in [2.05, 4.69) is 11.9 Å². The molecule has 106 valence electrons. The van der Waals surface area contributed by atoms with Gasteiger partial charge >= 0.3 is 0 Å². The summed E-state index contributed by atoms with van der Waals surface area (Å²) < 4.78 is 5.61. The summed E-state index contributed by atoms with van der Waals surface area (Å²) in [5, 5.41) is 0.574. The Morgan fingerprint density at radius 2 is 2.35 bits per heavy atom. The maximum Gasteiger partial charge on any atom is 0.257 e. The zero-order chi connectivity index (χ0) is 13.9. The van der Waals surface area contributed by atoms with E-state index in [-0.39, 0.29) is 5.91 Å². The zero-order valence-electron chi connectivity index (χ0n) is 11.5. The van der Waals surface area contributed by atoms with Crippen molar-refractivity contribution in [1.29, 1.82) is 0 Å². The highest BCUT2D eigenvalue weighted by molar-refractivity contribution is 7.99. The summed E-state index contributed by atoms with van der Waals surface area (Å²) in [5.74, 6) is 1.20. The molecule has 1 aliphatic rings. The molecular weight excluding hydrogens is 272 g/mol. The maximum absolute atomic E-state index is 12.2. The zero-order valence-corrected chi connectivity index (χ0v) is 12.4. The molecule has 0 unspecified atom stereocenters. The number of amides is 1. The lowest BCUT2D eigenvalue weighted by atomic mass is 10.0. The molecule has 2 aromatic rings. The standard InChI is InChI=1S/C15H18N2O2S/c1-11-5-4-8-17(9-11)14(18)10-20-15-16-12-6-2-3-7-13(12)19-15/h2-3,6-7,11H,4-5,8-10H2,1H3/t11-/m1/s1. The SMILES string of the molecule is C[C@@H]1CCCN(C(=O)CSc2nc3ccccc3o2)C1. The average molecular weight is 290 g/mol. The van der Waals surface area contributed by atoms with Crippen LogP contribution in [0.3, 0.4) is 0 Å². The number of oxazole rings is 1. The van der Waals surface area contributed by atoms with Crippen LogP contribution in [0.4, 0.5) is 0 Å². The number of piperidine rings is 1. The molecule has 4 nitrogen and oxygen atoms in total. The highest BCUT2D eigenvalue weighted by Crippen LogP contribution is 2.24. The van der Waals surface area contributed by atoms with E-state index in [4.69, 9.17) is 4.42 Å². The van der Waals surface area contributed by atoms with Crippen molar-refractivity contribution < 1.29 is 9.21 Å². The number of carbonyl (C=O) groups is 1. The Labute approximate surface area is 122 Å². The van der Waals surface area contributed by atoms with Gasteiger partial charge in [-0.05, 0) is 30.9 Å². The van der Waals surface area contributed by atoms with Gasteiger partial charge in [0.25, 0.3) is 5.22 Å². The Balaban J connectivity index is 1.59. The summed E-state index contributed by atoms with van der Waals surface area (Å²) in [5.41, 5.74) is 1.61.